The van der Waals surface area contributed by atoms with Crippen LogP contribution in [0, 0.1) is 5.92 Å². The predicted octanol–water partition coefficient (Wildman–Crippen LogP) is 3.06. The van der Waals surface area contributed by atoms with Crippen LogP contribution >= 0.6 is 0 Å². The van der Waals surface area contributed by atoms with Crippen molar-refractivity contribution in [2.45, 2.75) is 19.8 Å². The number of hydrogen-bond acceptors (Lipinski definition) is 2. The van der Waals surface area contributed by atoms with Gasteiger partial charge in [-0.05, 0) is 23.6 Å². The normalized spacial score (nSPS) is 14.5. The lowest BCUT2D eigenvalue weighted by Gasteiger charge is -2.18. The van der Waals surface area contributed by atoms with E-state index in [0.29, 0.717) is 0 Å². The van der Waals surface area contributed by atoms with Crippen molar-refractivity contribution < 1.29 is 9.90 Å². The Bertz CT molecular complexity index is 545. The molecule has 0 aliphatic rings. The standard InChI is InChI=1S/C14H15NO2/c1-9(10(2)14(16)17)11-5-3-7-13-12(11)6-4-8-15-13/h3-10H,1-2H3,(H,16,17). The first-order chi connectivity index (χ1) is 8.11. The summed E-state index contributed by atoms with van der Waals surface area (Å²) in [5.74, 6) is -1.19. The highest BCUT2D eigenvalue weighted by atomic mass is 16.4. The third-order valence-electron chi connectivity index (χ3n) is 3.31. The second kappa shape index (κ2) is 4.53. The van der Waals surface area contributed by atoms with E-state index in [2.05, 4.69) is 4.98 Å². The topological polar surface area (TPSA) is 50.2 Å². The number of carboxylic acid groups (broad SMARTS) is 1. The summed E-state index contributed by atoms with van der Waals surface area (Å²) in [5, 5.41) is 10.1. The Labute approximate surface area is 100 Å². The molecule has 2 aromatic rings. The molecule has 0 radical (unpaired) electrons. The highest BCUT2D eigenvalue weighted by molar-refractivity contribution is 5.83. The van der Waals surface area contributed by atoms with Crippen LogP contribution in [0.3, 0.4) is 0 Å². The monoisotopic (exact) mass is 229 g/mol. The lowest BCUT2D eigenvalue weighted by Crippen LogP contribution is -2.16. The molecular weight excluding hydrogens is 214 g/mol. The van der Waals surface area contributed by atoms with Gasteiger partial charge in [0.2, 0.25) is 0 Å². The number of pyridine rings is 1. The summed E-state index contributed by atoms with van der Waals surface area (Å²) in [7, 11) is 0. The Morgan fingerprint density at radius 1 is 1.24 bits per heavy atom. The SMILES string of the molecule is CC(C(=O)O)C(C)c1cccc2ncccc12. The average Bonchev–Trinajstić information content (AvgIpc) is 2.36. The van der Waals surface area contributed by atoms with Crippen molar-refractivity contribution in [3.05, 3.63) is 42.1 Å². The number of benzene rings is 1. The van der Waals surface area contributed by atoms with Crippen LogP contribution in [-0.2, 0) is 4.79 Å². The van der Waals surface area contributed by atoms with E-state index < -0.39 is 11.9 Å². The van der Waals surface area contributed by atoms with E-state index in [0.717, 1.165) is 16.5 Å². The van der Waals surface area contributed by atoms with E-state index in [9.17, 15) is 4.79 Å². The number of nitrogens with zero attached hydrogens (tertiary/aromatic N) is 1. The number of aromatic nitrogens is 1. The number of fused-ring (bicyclic) bond motifs is 1. The fourth-order valence-corrected chi connectivity index (χ4v) is 2.01. The van der Waals surface area contributed by atoms with Crippen LogP contribution in [-0.4, -0.2) is 16.1 Å². The van der Waals surface area contributed by atoms with Crippen molar-refractivity contribution in [1.29, 1.82) is 0 Å². The Morgan fingerprint density at radius 2 is 2.00 bits per heavy atom. The molecule has 2 unspecified atom stereocenters. The Hall–Kier alpha value is -1.90. The minimum absolute atomic E-state index is 0.0274. The van der Waals surface area contributed by atoms with E-state index in [-0.39, 0.29) is 5.92 Å². The molecular formula is C14H15NO2. The molecule has 3 heteroatoms. The summed E-state index contributed by atoms with van der Waals surface area (Å²) in [6, 6.07) is 9.72. The molecule has 17 heavy (non-hydrogen) atoms. The van der Waals surface area contributed by atoms with Crippen LogP contribution in [0.4, 0.5) is 0 Å². The maximum absolute atomic E-state index is 11.0. The lowest BCUT2D eigenvalue weighted by atomic mass is 9.87. The van der Waals surface area contributed by atoms with Crippen LogP contribution in [0.25, 0.3) is 10.9 Å². The van der Waals surface area contributed by atoms with Crippen LogP contribution in [0.5, 0.6) is 0 Å². The van der Waals surface area contributed by atoms with Gasteiger partial charge in [-0.1, -0.05) is 32.0 Å². The Morgan fingerprint density at radius 3 is 2.71 bits per heavy atom. The fraction of sp³-hybridized carbons (Fsp3) is 0.286. The van der Waals surface area contributed by atoms with Gasteiger partial charge in [0.15, 0.2) is 0 Å². The van der Waals surface area contributed by atoms with Gasteiger partial charge in [0.25, 0.3) is 0 Å². The number of rotatable bonds is 3. The van der Waals surface area contributed by atoms with E-state index in [1.807, 2.05) is 37.3 Å². The van der Waals surface area contributed by atoms with Crippen molar-refractivity contribution in [3.63, 3.8) is 0 Å². The second-order valence-electron chi connectivity index (χ2n) is 4.33. The summed E-state index contributed by atoms with van der Waals surface area (Å²) in [4.78, 5) is 15.3. The van der Waals surface area contributed by atoms with Crippen molar-refractivity contribution in [2.75, 3.05) is 0 Å². The molecule has 1 aromatic carbocycles. The molecule has 0 aliphatic heterocycles. The highest BCUT2D eigenvalue weighted by Crippen LogP contribution is 2.29. The first kappa shape index (κ1) is 11.6. The molecule has 1 N–H and O–H groups in total. The third-order valence-corrected chi connectivity index (χ3v) is 3.31. The van der Waals surface area contributed by atoms with E-state index in [4.69, 9.17) is 5.11 Å². The molecule has 0 bridgehead atoms. The number of hydrogen-bond donors (Lipinski definition) is 1. The van der Waals surface area contributed by atoms with E-state index >= 15 is 0 Å². The van der Waals surface area contributed by atoms with Crippen LogP contribution < -0.4 is 0 Å². The minimum atomic E-state index is -0.765. The van der Waals surface area contributed by atoms with Gasteiger partial charge in [0, 0.05) is 11.6 Å². The molecule has 2 atom stereocenters. The van der Waals surface area contributed by atoms with Gasteiger partial charge in [-0.25, -0.2) is 0 Å². The summed E-state index contributed by atoms with van der Waals surface area (Å²) >= 11 is 0. The number of aliphatic carboxylic acids is 1. The molecule has 88 valence electrons. The Balaban J connectivity index is 2.52. The molecule has 0 saturated heterocycles. The first-order valence-corrected chi connectivity index (χ1v) is 5.67. The largest absolute Gasteiger partial charge is 0.481 e. The van der Waals surface area contributed by atoms with Crippen LogP contribution in [0.1, 0.15) is 25.3 Å². The molecule has 0 amide bonds. The summed E-state index contributed by atoms with van der Waals surface area (Å²) in [6.07, 6.45) is 1.75. The van der Waals surface area contributed by atoms with Gasteiger partial charge in [0.05, 0.1) is 11.4 Å². The first-order valence-electron chi connectivity index (χ1n) is 5.67. The van der Waals surface area contributed by atoms with Crippen LogP contribution in [0.2, 0.25) is 0 Å². The van der Waals surface area contributed by atoms with Gasteiger partial charge < -0.3 is 5.11 Å². The molecule has 0 saturated carbocycles. The maximum atomic E-state index is 11.0. The molecule has 3 nitrogen and oxygen atoms in total. The number of carboxylic acids is 1. The highest BCUT2D eigenvalue weighted by Gasteiger charge is 2.22. The van der Waals surface area contributed by atoms with Gasteiger partial charge in [-0.15, -0.1) is 0 Å². The van der Waals surface area contributed by atoms with Gasteiger partial charge in [-0.2, -0.15) is 0 Å². The summed E-state index contributed by atoms with van der Waals surface area (Å²) < 4.78 is 0. The third kappa shape index (κ3) is 2.13. The average molecular weight is 229 g/mol. The molecule has 0 fully saturated rings. The maximum Gasteiger partial charge on any atom is 0.306 e. The molecule has 0 spiro atoms. The van der Waals surface area contributed by atoms with Crippen molar-refractivity contribution in [3.8, 4) is 0 Å². The molecule has 2 rings (SSSR count). The quantitative estimate of drug-likeness (QED) is 0.880. The molecule has 0 aliphatic carbocycles. The van der Waals surface area contributed by atoms with Crippen LogP contribution in [0.15, 0.2) is 36.5 Å². The predicted molar refractivity (Wildman–Crippen MR) is 67.0 cm³/mol. The van der Waals surface area contributed by atoms with Gasteiger partial charge >= 0.3 is 5.97 Å². The zero-order valence-corrected chi connectivity index (χ0v) is 9.92. The second-order valence-corrected chi connectivity index (χ2v) is 4.33. The van der Waals surface area contributed by atoms with Crippen molar-refractivity contribution >= 4 is 16.9 Å². The smallest absolute Gasteiger partial charge is 0.306 e. The molecule has 1 heterocycles. The van der Waals surface area contributed by atoms with E-state index in [1.165, 1.54) is 0 Å². The minimum Gasteiger partial charge on any atom is -0.481 e. The zero-order valence-electron chi connectivity index (χ0n) is 9.92. The number of carbonyl (C=O) groups is 1. The van der Waals surface area contributed by atoms with Gasteiger partial charge in [0.1, 0.15) is 0 Å². The van der Waals surface area contributed by atoms with Crippen molar-refractivity contribution in [1.82, 2.24) is 4.98 Å². The van der Waals surface area contributed by atoms with Crippen molar-refractivity contribution in [2.24, 2.45) is 5.92 Å². The van der Waals surface area contributed by atoms with E-state index in [1.54, 1.807) is 13.1 Å². The molecule has 1 aromatic heterocycles. The zero-order chi connectivity index (χ0) is 12.4. The lowest BCUT2D eigenvalue weighted by molar-refractivity contribution is -0.141. The van der Waals surface area contributed by atoms with Gasteiger partial charge in [-0.3, -0.25) is 9.78 Å². The Kier molecular flexibility index (Phi) is 3.09. The summed E-state index contributed by atoms with van der Waals surface area (Å²) in [5.41, 5.74) is 1.96. The summed E-state index contributed by atoms with van der Waals surface area (Å²) in [6.45, 7) is 3.68. The fourth-order valence-electron chi connectivity index (χ4n) is 2.01.